The van der Waals surface area contributed by atoms with Gasteiger partial charge in [-0.3, -0.25) is 0 Å². The zero-order valence-corrected chi connectivity index (χ0v) is 9.65. The molecule has 0 aliphatic carbocycles. The summed E-state index contributed by atoms with van der Waals surface area (Å²) in [6, 6.07) is 8.47. The monoisotopic (exact) mass is 230 g/mol. The van der Waals surface area contributed by atoms with Crippen LogP contribution in [0.1, 0.15) is 0 Å². The first-order chi connectivity index (χ1) is 4.30. The second kappa shape index (κ2) is 5.46. The Morgan fingerprint density at radius 3 is 2.00 bits per heavy atom. The molecule has 2 nitrogen and oxygen atoms in total. The van der Waals surface area contributed by atoms with Crippen LogP contribution in [-0.4, -0.2) is 54.2 Å². The van der Waals surface area contributed by atoms with Crippen molar-refractivity contribution in [1.29, 1.82) is 0 Å². The Balaban J connectivity index is 0.000000810. The number of rotatable bonds is 1. The van der Waals surface area contributed by atoms with E-state index in [2.05, 4.69) is 0 Å². The van der Waals surface area contributed by atoms with Gasteiger partial charge in [-0.1, -0.05) is 18.2 Å². The van der Waals surface area contributed by atoms with Gasteiger partial charge in [0, 0.05) is 45.5 Å². The van der Waals surface area contributed by atoms with Crippen molar-refractivity contribution in [2.75, 3.05) is 0 Å². The minimum atomic E-state index is -1.83. The van der Waals surface area contributed by atoms with Gasteiger partial charge in [0.25, 0.3) is 0 Å². The molecule has 0 amide bonds. The van der Waals surface area contributed by atoms with Gasteiger partial charge in [-0.05, 0) is 12.1 Å². The van der Waals surface area contributed by atoms with Crippen LogP contribution >= 0.6 is 0 Å². The van der Waals surface area contributed by atoms with Gasteiger partial charge in [-0.2, -0.15) is 0 Å². The predicted octanol–water partition coefficient (Wildman–Crippen LogP) is 0.886. The van der Waals surface area contributed by atoms with Crippen molar-refractivity contribution in [3.63, 3.8) is 0 Å². The van der Waals surface area contributed by atoms with Crippen LogP contribution in [-0.2, 0) is 11.1 Å². The van der Waals surface area contributed by atoms with E-state index in [1.165, 1.54) is 0 Å². The third kappa shape index (κ3) is 3.28. The van der Waals surface area contributed by atoms with Crippen LogP contribution in [0.5, 0.6) is 0 Å². The van der Waals surface area contributed by atoms with Gasteiger partial charge >= 0.3 is 0 Å². The van der Waals surface area contributed by atoms with Gasteiger partial charge in [0.05, 0.1) is 4.90 Å². The average molecular weight is 230 g/mol. The maximum atomic E-state index is 10.3. The Labute approximate surface area is 99.2 Å². The van der Waals surface area contributed by atoms with Gasteiger partial charge in [-0.25, -0.2) is 4.21 Å². The maximum Gasteiger partial charge on any atom is 0.186 e. The largest absolute Gasteiger partial charge is 0.302 e. The Kier molecular flexibility index (Phi) is 5.90. The van der Waals surface area contributed by atoms with E-state index in [1.807, 2.05) is 0 Å². The molecule has 0 saturated carbocycles. The van der Waals surface area contributed by atoms with Crippen LogP contribution < -0.4 is 0 Å². The topological polar surface area (TPSA) is 37.3 Å². The molecule has 2 radical (unpaired) electrons. The van der Waals surface area contributed by atoms with E-state index >= 15 is 0 Å². The summed E-state index contributed by atoms with van der Waals surface area (Å²) in [5.41, 5.74) is 0. The van der Waals surface area contributed by atoms with E-state index in [1.54, 1.807) is 30.3 Å². The summed E-state index contributed by atoms with van der Waals surface area (Å²) < 4.78 is 18.8. The Bertz CT molecular complexity index is 212. The van der Waals surface area contributed by atoms with Crippen molar-refractivity contribution in [3.8, 4) is 0 Å². The van der Waals surface area contributed by atoms with E-state index in [4.69, 9.17) is 4.55 Å². The minimum absolute atomic E-state index is 0. The molecule has 1 aromatic carbocycles. The third-order valence-electron chi connectivity index (χ3n) is 0.945. The first-order valence-corrected chi connectivity index (χ1v) is 3.57. The van der Waals surface area contributed by atoms with Crippen LogP contribution in [0.2, 0.25) is 0 Å². The Morgan fingerprint density at radius 1 is 1.20 bits per heavy atom. The van der Waals surface area contributed by atoms with E-state index in [9.17, 15) is 4.21 Å². The van der Waals surface area contributed by atoms with Crippen LogP contribution in [0.25, 0.3) is 0 Å². The van der Waals surface area contributed by atoms with E-state index in [0.29, 0.717) is 4.90 Å². The third-order valence-corrected chi connectivity index (χ3v) is 1.62. The van der Waals surface area contributed by atoms with Gasteiger partial charge in [0.2, 0.25) is 0 Å². The van der Waals surface area contributed by atoms with E-state index in [0.717, 1.165) is 0 Å². The number of benzene rings is 1. The molecule has 0 aromatic heterocycles. The van der Waals surface area contributed by atoms with Crippen LogP contribution in [0.4, 0.5) is 0 Å². The van der Waals surface area contributed by atoms with Gasteiger partial charge < -0.3 is 4.55 Å². The fraction of sp³-hybridized carbons (Fsp3) is 0. The maximum absolute atomic E-state index is 10.3. The molecule has 1 unspecified atom stereocenters. The summed E-state index contributed by atoms with van der Waals surface area (Å²) in [7, 11) is 0. The normalized spacial score (nSPS) is 11.7. The van der Waals surface area contributed by atoms with Crippen molar-refractivity contribution in [2.45, 2.75) is 4.90 Å². The summed E-state index contributed by atoms with van der Waals surface area (Å²) in [4.78, 5) is 0.442. The fourth-order valence-corrected chi connectivity index (χ4v) is 0.927. The van der Waals surface area contributed by atoms with Crippen molar-refractivity contribution in [1.82, 2.24) is 0 Å². The Hall–Kier alpha value is 0.811. The molecule has 0 fully saturated rings. The molecule has 10 heavy (non-hydrogen) atoms. The van der Waals surface area contributed by atoms with Crippen LogP contribution in [0.15, 0.2) is 35.2 Å². The molecule has 4 heteroatoms. The molecule has 1 aromatic rings. The molecule has 0 saturated heterocycles. The molecule has 0 bridgehead atoms. The fourth-order valence-electron chi connectivity index (χ4n) is 0.537. The minimum Gasteiger partial charge on any atom is -0.302 e. The molecule has 0 spiro atoms. The second-order valence-electron chi connectivity index (χ2n) is 1.56. The molecule has 1 atom stereocenters. The van der Waals surface area contributed by atoms with Crippen LogP contribution in [0.3, 0.4) is 0 Å². The van der Waals surface area contributed by atoms with Gasteiger partial charge in [-0.15, -0.1) is 0 Å². The van der Waals surface area contributed by atoms with Gasteiger partial charge in [0.1, 0.15) is 0 Å². The summed E-state index contributed by atoms with van der Waals surface area (Å²) in [5.74, 6) is 0. The zero-order valence-electron chi connectivity index (χ0n) is 5.36. The van der Waals surface area contributed by atoms with E-state index < -0.39 is 11.1 Å². The summed E-state index contributed by atoms with van der Waals surface area (Å²) in [6.45, 7) is 0. The molecule has 0 heterocycles. The average Bonchev–Trinajstić information content (AvgIpc) is 1.90. The first-order valence-electron chi connectivity index (χ1n) is 2.46. The van der Waals surface area contributed by atoms with Crippen molar-refractivity contribution in [2.24, 2.45) is 0 Å². The zero-order chi connectivity index (χ0) is 6.69. The molecule has 1 N–H and O–H groups in total. The molecular weight excluding hydrogens is 224 g/mol. The predicted molar refractivity (Wildman–Crippen MR) is 41.2 cm³/mol. The summed E-state index contributed by atoms with van der Waals surface area (Å²) in [6.07, 6.45) is 0. The summed E-state index contributed by atoms with van der Waals surface area (Å²) >= 11 is -1.83. The molecule has 0 aliphatic rings. The SMILES string of the molecule is O=S(O)c1ccccc1.[Sr]. The second-order valence-corrected chi connectivity index (χ2v) is 2.53. The smallest absolute Gasteiger partial charge is 0.186 e. The van der Waals surface area contributed by atoms with E-state index in [-0.39, 0.29) is 45.5 Å². The standard InChI is InChI=1S/C6H6O2S.Sr/c7-9(8)6-4-2-1-3-5-6;/h1-5H,(H,7,8);. The Morgan fingerprint density at radius 2 is 1.70 bits per heavy atom. The van der Waals surface area contributed by atoms with Crippen molar-refractivity contribution < 1.29 is 8.76 Å². The molecule has 50 valence electrons. The number of hydrogen-bond acceptors (Lipinski definition) is 1. The molecule has 1 rings (SSSR count). The quantitative estimate of drug-likeness (QED) is 0.574. The molecular formula is C6H6O2SSr. The van der Waals surface area contributed by atoms with Crippen molar-refractivity contribution in [3.05, 3.63) is 30.3 Å². The van der Waals surface area contributed by atoms with Gasteiger partial charge in [0.15, 0.2) is 11.1 Å². The summed E-state index contributed by atoms with van der Waals surface area (Å²) in [5, 5.41) is 0. The van der Waals surface area contributed by atoms with Crippen LogP contribution in [0, 0.1) is 0 Å². The van der Waals surface area contributed by atoms with Crippen molar-refractivity contribution >= 4 is 56.6 Å². The number of hydrogen-bond donors (Lipinski definition) is 1. The molecule has 0 aliphatic heterocycles. The first kappa shape index (κ1) is 10.8.